The van der Waals surface area contributed by atoms with Crippen LogP contribution in [-0.2, 0) is 6.54 Å². The third-order valence-electron chi connectivity index (χ3n) is 5.94. The number of anilines is 1. The quantitative estimate of drug-likeness (QED) is 0.658. The second-order valence-corrected chi connectivity index (χ2v) is 8.08. The number of rotatable bonds is 5. The second kappa shape index (κ2) is 9.48. The van der Waals surface area contributed by atoms with Crippen molar-refractivity contribution in [3.8, 4) is 0 Å². The van der Waals surface area contributed by atoms with Crippen LogP contribution in [0.25, 0.3) is 10.9 Å². The lowest BCUT2D eigenvalue weighted by Gasteiger charge is -2.38. The maximum atomic E-state index is 13.4. The van der Waals surface area contributed by atoms with Gasteiger partial charge in [0.25, 0.3) is 5.56 Å². The number of fused-ring (bicyclic) bond motifs is 1. The summed E-state index contributed by atoms with van der Waals surface area (Å²) in [4.78, 5) is 34.5. The average molecular weight is 438 g/mol. The molecule has 1 fully saturated rings. The first-order chi connectivity index (χ1) is 15.5. The molecular weight excluding hydrogens is 409 g/mol. The molecule has 0 spiro atoms. The first-order valence-corrected chi connectivity index (χ1v) is 11.0. The van der Waals surface area contributed by atoms with E-state index in [0.717, 1.165) is 12.2 Å². The van der Waals surface area contributed by atoms with Crippen molar-refractivity contribution in [2.45, 2.75) is 32.9 Å². The molecule has 0 saturated carbocycles. The average Bonchev–Trinajstić information content (AvgIpc) is 2.80. The van der Waals surface area contributed by atoms with Gasteiger partial charge in [-0.25, -0.2) is 14.2 Å². The molecule has 168 valence electrons. The van der Waals surface area contributed by atoms with E-state index < -0.39 is 0 Å². The predicted octanol–water partition coefficient (Wildman–Crippen LogP) is 3.86. The topological polar surface area (TPSA) is 70.5 Å². The summed E-state index contributed by atoms with van der Waals surface area (Å²) in [7, 11) is 0. The number of aromatic nitrogens is 2. The Balaban J connectivity index is 1.48. The van der Waals surface area contributed by atoms with Gasteiger partial charge in [0.1, 0.15) is 11.6 Å². The Hall–Kier alpha value is -3.26. The number of nitrogens with zero attached hydrogens (tertiary/aromatic N) is 4. The normalized spacial score (nSPS) is 15.7. The third kappa shape index (κ3) is 4.50. The van der Waals surface area contributed by atoms with E-state index in [-0.39, 0.29) is 23.4 Å². The molecule has 2 aromatic carbocycles. The lowest BCUT2D eigenvalue weighted by molar-refractivity contribution is 0.114. The minimum absolute atomic E-state index is 0.00703. The highest BCUT2D eigenvalue weighted by Gasteiger charge is 2.27. The fourth-order valence-corrected chi connectivity index (χ4v) is 4.19. The van der Waals surface area contributed by atoms with Gasteiger partial charge in [0.2, 0.25) is 0 Å². The van der Waals surface area contributed by atoms with Crippen LogP contribution in [0.15, 0.2) is 53.3 Å². The van der Waals surface area contributed by atoms with Crippen molar-refractivity contribution in [3.05, 3.63) is 70.5 Å². The number of hydrogen-bond acceptors (Lipinski definition) is 4. The Morgan fingerprint density at radius 1 is 1.12 bits per heavy atom. The third-order valence-corrected chi connectivity index (χ3v) is 5.94. The first kappa shape index (κ1) is 22.0. The number of carbonyl (C=O) groups excluding carboxylic acids is 1. The molecule has 0 radical (unpaired) electrons. The lowest BCUT2D eigenvalue weighted by atomic mass is 10.1. The van der Waals surface area contributed by atoms with Gasteiger partial charge in [-0.05, 0) is 43.7 Å². The van der Waals surface area contributed by atoms with Crippen molar-refractivity contribution in [1.82, 2.24) is 19.4 Å². The summed E-state index contributed by atoms with van der Waals surface area (Å²) in [5.41, 5.74) is 1.14. The van der Waals surface area contributed by atoms with Gasteiger partial charge in [0, 0.05) is 38.4 Å². The largest absolute Gasteiger partial charge is 0.322 e. The van der Waals surface area contributed by atoms with Gasteiger partial charge in [-0.1, -0.05) is 25.1 Å². The molecule has 1 saturated heterocycles. The zero-order chi connectivity index (χ0) is 22.7. The van der Waals surface area contributed by atoms with E-state index in [1.165, 1.54) is 12.1 Å². The highest BCUT2D eigenvalue weighted by atomic mass is 19.1. The van der Waals surface area contributed by atoms with Crippen LogP contribution >= 0.6 is 0 Å². The van der Waals surface area contributed by atoms with Gasteiger partial charge in [0.05, 0.1) is 16.9 Å². The van der Waals surface area contributed by atoms with E-state index in [4.69, 9.17) is 4.98 Å². The second-order valence-electron chi connectivity index (χ2n) is 8.08. The Morgan fingerprint density at radius 3 is 2.59 bits per heavy atom. The number of nitrogens with one attached hydrogen (secondary N) is 1. The zero-order valence-electron chi connectivity index (χ0n) is 18.4. The molecule has 2 heterocycles. The summed E-state index contributed by atoms with van der Waals surface area (Å²) in [5, 5.41) is 3.39. The lowest BCUT2D eigenvalue weighted by Crippen LogP contribution is -2.51. The van der Waals surface area contributed by atoms with Gasteiger partial charge < -0.3 is 10.2 Å². The Bertz CT molecular complexity index is 1170. The number of carbonyl (C=O) groups is 1. The summed E-state index contributed by atoms with van der Waals surface area (Å²) in [6, 6.07) is 13.0. The number of benzene rings is 2. The minimum Gasteiger partial charge on any atom is -0.322 e. The monoisotopic (exact) mass is 437 g/mol. The number of urea groups is 1. The number of halogens is 1. The molecule has 1 aromatic heterocycles. The van der Waals surface area contributed by atoms with Crippen LogP contribution in [0.1, 0.15) is 32.1 Å². The molecule has 2 amide bonds. The Morgan fingerprint density at radius 2 is 1.88 bits per heavy atom. The summed E-state index contributed by atoms with van der Waals surface area (Å²) in [5.74, 6) is 0.371. The molecule has 8 heteroatoms. The van der Waals surface area contributed by atoms with Crippen LogP contribution in [0.2, 0.25) is 0 Å². The maximum Gasteiger partial charge on any atom is 0.321 e. The van der Waals surface area contributed by atoms with Crippen molar-refractivity contribution in [2.75, 3.05) is 31.5 Å². The molecule has 0 bridgehead atoms. The molecule has 1 atom stereocenters. The van der Waals surface area contributed by atoms with Crippen LogP contribution in [0.4, 0.5) is 14.9 Å². The maximum absolute atomic E-state index is 13.4. The molecule has 1 N–H and O–H groups in total. The molecule has 7 nitrogen and oxygen atoms in total. The van der Waals surface area contributed by atoms with Gasteiger partial charge in [-0.2, -0.15) is 0 Å². The Labute approximate surface area is 186 Å². The SMILES string of the molecule is CCCn1c(C(C)N2CCN(C(=O)Nc3cccc(F)c3)CC2)nc2ccccc2c1=O. The smallest absolute Gasteiger partial charge is 0.321 e. The van der Waals surface area contributed by atoms with Crippen molar-refractivity contribution in [2.24, 2.45) is 0 Å². The van der Waals surface area contributed by atoms with Crippen molar-refractivity contribution >= 4 is 22.6 Å². The van der Waals surface area contributed by atoms with Crippen LogP contribution in [-0.4, -0.2) is 51.6 Å². The highest BCUT2D eigenvalue weighted by molar-refractivity contribution is 5.89. The summed E-state index contributed by atoms with van der Waals surface area (Å²) >= 11 is 0. The fourth-order valence-electron chi connectivity index (χ4n) is 4.19. The van der Waals surface area contributed by atoms with Crippen LogP contribution in [0, 0.1) is 5.82 Å². The van der Waals surface area contributed by atoms with E-state index >= 15 is 0 Å². The van der Waals surface area contributed by atoms with Crippen LogP contribution in [0.5, 0.6) is 0 Å². The summed E-state index contributed by atoms with van der Waals surface area (Å²) < 4.78 is 15.2. The van der Waals surface area contributed by atoms with E-state index in [0.29, 0.717) is 49.3 Å². The molecule has 1 aliphatic heterocycles. The van der Waals surface area contributed by atoms with Gasteiger partial charge >= 0.3 is 6.03 Å². The van der Waals surface area contributed by atoms with E-state index in [2.05, 4.69) is 17.1 Å². The Kier molecular flexibility index (Phi) is 6.50. The standard InChI is InChI=1S/C24H28FN5O2/c1-3-11-30-22(27-21-10-5-4-9-20(21)23(30)31)17(2)28-12-14-29(15-13-28)24(32)26-19-8-6-7-18(25)16-19/h4-10,16-17H,3,11-15H2,1-2H3,(H,26,32). The van der Waals surface area contributed by atoms with Crippen molar-refractivity contribution in [3.63, 3.8) is 0 Å². The summed E-state index contributed by atoms with van der Waals surface area (Å²) in [6.45, 7) is 7.12. The van der Waals surface area contributed by atoms with Crippen LogP contribution in [0.3, 0.4) is 0 Å². The van der Waals surface area contributed by atoms with Gasteiger partial charge in [0.15, 0.2) is 0 Å². The summed E-state index contributed by atoms with van der Waals surface area (Å²) in [6.07, 6.45) is 0.841. The van der Waals surface area contributed by atoms with E-state index in [1.807, 2.05) is 31.2 Å². The zero-order valence-corrected chi connectivity index (χ0v) is 18.4. The number of amides is 2. The first-order valence-electron chi connectivity index (χ1n) is 11.0. The molecule has 4 rings (SSSR count). The van der Waals surface area contributed by atoms with Crippen LogP contribution < -0.4 is 10.9 Å². The fraction of sp³-hybridized carbons (Fsp3) is 0.375. The molecule has 32 heavy (non-hydrogen) atoms. The van der Waals surface area contributed by atoms with Crippen molar-refractivity contribution < 1.29 is 9.18 Å². The van der Waals surface area contributed by atoms with Gasteiger partial charge in [-0.15, -0.1) is 0 Å². The molecule has 0 aliphatic carbocycles. The highest BCUT2D eigenvalue weighted by Crippen LogP contribution is 2.22. The number of hydrogen-bond donors (Lipinski definition) is 1. The predicted molar refractivity (Wildman–Crippen MR) is 123 cm³/mol. The molecular formula is C24H28FN5O2. The number of piperazine rings is 1. The van der Waals surface area contributed by atoms with Crippen molar-refractivity contribution in [1.29, 1.82) is 0 Å². The molecule has 3 aromatic rings. The van der Waals surface area contributed by atoms with E-state index in [9.17, 15) is 14.0 Å². The van der Waals surface area contributed by atoms with Gasteiger partial charge in [-0.3, -0.25) is 14.3 Å². The molecule has 1 unspecified atom stereocenters. The number of para-hydroxylation sites is 1. The van der Waals surface area contributed by atoms with E-state index in [1.54, 1.807) is 21.6 Å². The minimum atomic E-state index is -0.387. The molecule has 1 aliphatic rings.